The number of hydrogen-bond acceptors (Lipinski definition) is 4. The summed E-state index contributed by atoms with van der Waals surface area (Å²) in [6, 6.07) is 10.2. The monoisotopic (exact) mass is 444 g/mol. The molecule has 0 saturated carbocycles. The number of benzene rings is 2. The minimum Gasteiger partial charge on any atom is -0.454 e. The Balaban J connectivity index is 1.67. The van der Waals surface area contributed by atoms with Crippen LogP contribution >= 0.6 is 0 Å². The summed E-state index contributed by atoms with van der Waals surface area (Å²) < 4.78 is 45.5. The van der Waals surface area contributed by atoms with Gasteiger partial charge in [0.25, 0.3) is 0 Å². The molecule has 0 bridgehead atoms. The second-order valence-corrected chi connectivity index (χ2v) is 7.68. The molecule has 2 amide bonds. The zero-order chi connectivity index (χ0) is 22.9. The summed E-state index contributed by atoms with van der Waals surface area (Å²) in [5.41, 5.74) is 0.220. The number of nitrogens with one attached hydrogen (secondary N) is 1. The van der Waals surface area contributed by atoms with E-state index in [1.54, 1.807) is 23.1 Å². The predicted octanol–water partition coefficient (Wildman–Crippen LogP) is 4.79. The number of rotatable bonds is 2. The molecule has 2 aromatic carbocycles. The number of para-hydroxylation sites is 1. The lowest BCUT2D eigenvalue weighted by Gasteiger charge is -2.41. The van der Waals surface area contributed by atoms with Crippen molar-refractivity contribution in [1.82, 2.24) is 15.1 Å². The normalized spacial score (nSPS) is 18.0. The molecule has 2 heterocycles. The SMILES string of the molecule is C=CCNC(=O)N1CCN(C2=Nc3ccc(C(F)(F)F)cc3Oc3ccccc32)CC1C. The van der Waals surface area contributed by atoms with Gasteiger partial charge in [-0.1, -0.05) is 18.2 Å². The Morgan fingerprint density at radius 1 is 1.25 bits per heavy atom. The maximum absolute atomic E-state index is 13.2. The van der Waals surface area contributed by atoms with Crippen LogP contribution in [0.15, 0.2) is 60.1 Å². The highest BCUT2D eigenvalue weighted by molar-refractivity contribution is 6.03. The molecule has 4 rings (SSSR count). The molecule has 6 nitrogen and oxygen atoms in total. The number of urea groups is 1. The van der Waals surface area contributed by atoms with E-state index in [0.717, 1.165) is 12.1 Å². The molecule has 2 aliphatic rings. The van der Waals surface area contributed by atoms with Gasteiger partial charge in [0.2, 0.25) is 0 Å². The van der Waals surface area contributed by atoms with Crippen molar-refractivity contribution >= 4 is 17.6 Å². The average Bonchev–Trinajstić information content (AvgIpc) is 2.93. The topological polar surface area (TPSA) is 57.2 Å². The molecule has 9 heteroatoms. The highest BCUT2D eigenvalue weighted by Crippen LogP contribution is 2.42. The van der Waals surface area contributed by atoms with Gasteiger partial charge in [-0.3, -0.25) is 0 Å². The summed E-state index contributed by atoms with van der Waals surface area (Å²) >= 11 is 0. The Hall–Kier alpha value is -3.49. The van der Waals surface area contributed by atoms with E-state index in [-0.39, 0.29) is 17.8 Å². The molecule has 32 heavy (non-hydrogen) atoms. The fourth-order valence-electron chi connectivity index (χ4n) is 3.85. The Labute approximate surface area is 184 Å². The highest BCUT2D eigenvalue weighted by Gasteiger charge is 2.34. The molecule has 0 spiro atoms. The van der Waals surface area contributed by atoms with Crippen LogP contribution in [0.5, 0.6) is 11.5 Å². The molecule has 168 valence electrons. The summed E-state index contributed by atoms with van der Waals surface area (Å²) in [7, 11) is 0. The van der Waals surface area contributed by atoms with E-state index in [4.69, 9.17) is 9.73 Å². The molecule has 0 radical (unpaired) electrons. The molecule has 2 aromatic rings. The van der Waals surface area contributed by atoms with Gasteiger partial charge in [0.05, 0.1) is 11.1 Å². The fraction of sp³-hybridized carbons (Fsp3) is 0.304. The van der Waals surface area contributed by atoms with Gasteiger partial charge in [0.15, 0.2) is 5.75 Å². The number of nitrogens with zero attached hydrogens (tertiary/aromatic N) is 3. The number of ether oxygens (including phenoxy) is 1. The van der Waals surface area contributed by atoms with Gasteiger partial charge in [-0.25, -0.2) is 9.79 Å². The van der Waals surface area contributed by atoms with Crippen molar-refractivity contribution in [2.45, 2.75) is 19.1 Å². The fourth-order valence-corrected chi connectivity index (χ4v) is 3.85. The van der Waals surface area contributed by atoms with E-state index in [1.807, 2.05) is 24.0 Å². The molecule has 1 unspecified atom stereocenters. The zero-order valence-corrected chi connectivity index (χ0v) is 17.5. The number of halogens is 3. The number of alkyl halides is 3. The van der Waals surface area contributed by atoms with Crippen LogP contribution in [0.2, 0.25) is 0 Å². The van der Waals surface area contributed by atoms with Crippen LogP contribution in [0.1, 0.15) is 18.1 Å². The summed E-state index contributed by atoms with van der Waals surface area (Å²) in [5, 5.41) is 2.79. The molecule has 1 fully saturated rings. The van der Waals surface area contributed by atoms with Crippen LogP contribution in [0.4, 0.5) is 23.7 Å². The van der Waals surface area contributed by atoms with Crippen LogP contribution in [0, 0.1) is 0 Å². The van der Waals surface area contributed by atoms with Gasteiger partial charge in [-0.15, -0.1) is 6.58 Å². The standard InChI is InChI=1S/C23H23F3N4O2/c1-3-10-27-22(31)30-12-11-29(14-15(30)2)21-17-6-4-5-7-19(17)32-20-13-16(23(24,25)26)8-9-18(20)28-21/h3-9,13,15H,1,10-12,14H2,2H3,(H,27,31). The van der Waals surface area contributed by atoms with Crippen molar-refractivity contribution in [2.24, 2.45) is 4.99 Å². The third-order valence-electron chi connectivity index (χ3n) is 5.45. The lowest BCUT2D eigenvalue weighted by molar-refractivity contribution is -0.137. The van der Waals surface area contributed by atoms with E-state index >= 15 is 0 Å². The quantitative estimate of drug-likeness (QED) is 0.678. The maximum atomic E-state index is 13.2. The molecule has 1 saturated heterocycles. The van der Waals surface area contributed by atoms with E-state index in [1.165, 1.54) is 6.07 Å². The van der Waals surface area contributed by atoms with Crippen molar-refractivity contribution in [3.8, 4) is 11.5 Å². The first-order valence-electron chi connectivity index (χ1n) is 10.3. The zero-order valence-electron chi connectivity index (χ0n) is 17.5. The van der Waals surface area contributed by atoms with Crippen LogP contribution in [-0.4, -0.2) is 53.9 Å². The van der Waals surface area contributed by atoms with Crippen LogP contribution in [-0.2, 0) is 6.18 Å². The summed E-state index contributed by atoms with van der Waals surface area (Å²) in [4.78, 5) is 20.9. The summed E-state index contributed by atoms with van der Waals surface area (Å²) in [6.45, 7) is 7.46. The number of aliphatic imine (C=N–C) groups is 1. The van der Waals surface area contributed by atoms with Gasteiger partial charge in [0.1, 0.15) is 17.3 Å². The maximum Gasteiger partial charge on any atom is 0.416 e. The molecular formula is C23H23F3N4O2. The van der Waals surface area contributed by atoms with E-state index in [0.29, 0.717) is 49.0 Å². The first-order valence-corrected chi connectivity index (χ1v) is 10.3. The number of amides is 2. The average molecular weight is 444 g/mol. The number of piperazine rings is 1. The first kappa shape index (κ1) is 21.7. The summed E-state index contributed by atoms with van der Waals surface area (Å²) in [5.74, 6) is 1.10. The van der Waals surface area contributed by atoms with Crippen LogP contribution in [0.3, 0.4) is 0 Å². The molecular weight excluding hydrogens is 421 g/mol. The third kappa shape index (κ3) is 4.28. The van der Waals surface area contributed by atoms with Gasteiger partial charge < -0.3 is 19.9 Å². The Morgan fingerprint density at radius 2 is 2.03 bits per heavy atom. The molecule has 1 N–H and O–H groups in total. The molecule has 2 aliphatic heterocycles. The largest absolute Gasteiger partial charge is 0.454 e. The lowest BCUT2D eigenvalue weighted by atomic mass is 10.1. The van der Waals surface area contributed by atoms with Gasteiger partial charge in [0, 0.05) is 32.2 Å². The Morgan fingerprint density at radius 3 is 2.75 bits per heavy atom. The third-order valence-corrected chi connectivity index (χ3v) is 5.45. The highest BCUT2D eigenvalue weighted by atomic mass is 19.4. The van der Waals surface area contributed by atoms with Gasteiger partial charge in [-0.05, 0) is 37.3 Å². The lowest BCUT2D eigenvalue weighted by Crippen LogP contribution is -2.57. The van der Waals surface area contributed by atoms with Gasteiger partial charge in [-0.2, -0.15) is 13.2 Å². The summed E-state index contributed by atoms with van der Waals surface area (Å²) in [6.07, 6.45) is -2.85. The Kier molecular flexibility index (Phi) is 5.82. The Bertz CT molecular complexity index is 1070. The van der Waals surface area contributed by atoms with E-state index < -0.39 is 11.7 Å². The van der Waals surface area contributed by atoms with Crippen LogP contribution < -0.4 is 10.1 Å². The number of carbonyl (C=O) groups is 1. The number of carbonyl (C=O) groups excluding carboxylic acids is 1. The van der Waals surface area contributed by atoms with Crippen molar-refractivity contribution < 1.29 is 22.7 Å². The van der Waals surface area contributed by atoms with Gasteiger partial charge >= 0.3 is 12.2 Å². The molecule has 1 atom stereocenters. The second kappa shape index (κ2) is 8.57. The van der Waals surface area contributed by atoms with E-state index in [9.17, 15) is 18.0 Å². The van der Waals surface area contributed by atoms with Crippen molar-refractivity contribution in [3.63, 3.8) is 0 Å². The van der Waals surface area contributed by atoms with Crippen LogP contribution in [0.25, 0.3) is 0 Å². The van der Waals surface area contributed by atoms with Crippen molar-refractivity contribution in [2.75, 3.05) is 26.2 Å². The predicted molar refractivity (Wildman–Crippen MR) is 115 cm³/mol. The smallest absolute Gasteiger partial charge is 0.416 e. The second-order valence-electron chi connectivity index (χ2n) is 7.68. The minimum atomic E-state index is -4.48. The molecule has 0 aliphatic carbocycles. The first-order chi connectivity index (χ1) is 15.3. The van der Waals surface area contributed by atoms with Crippen molar-refractivity contribution in [3.05, 3.63) is 66.2 Å². The number of hydrogen-bond donors (Lipinski definition) is 1. The molecule has 0 aromatic heterocycles. The van der Waals surface area contributed by atoms with E-state index in [2.05, 4.69) is 11.9 Å². The van der Waals surface area contributed by atoms with Crippen molar-refractivity contribution in [1.29, 1.82) is 0 Å². The number of fused-ring (bicyclic) bond motifs is 2. The minimum absolute atomic E-state index is 0.0535. The number of amidine groups is 1.